The molecule has 3 aromatic rings. The van der Waals surface area contributed by atoms with Crippen molar-refractivity contribution in [3.8, 4) is 5.75 Å². The number of methoxy groups -OCH3 is 1. The molecule has 1 unspecified atom stereocenters. The molecular weight excluding hydrogens is 646 g/mol. The average molecular weight is 675 g/mol. The molecule has 4 rings (SSSR count). The van der Waals surface area contributed by atoms with E-state index in [1.807, 2.05) is 13.0 Å². The fourth-order valence-corrected chi connectivity index (χ4v) is 4.19. The fourth-order valence-electron chi connectivity index (χ4n) is 3.96. The van der Waals surface area contributed by atoms with Crippen molar-refractivity contribution in [1.29, 1.82) is 0 Å². The summed E-state index contributed by atoms with van der Waals surface area (Å²) < 4.78 is 74.6. The number of aliphatic carboxylic acids is 2. The van der Waals surface area contributed by atoms with Crippen LogP contribution in [0.25, 0.3) is 11.2 Å². The predicted octanol–water partition coefficient (Wildman–Crippen LogP) is 3.61. The zero-order valence-electron chi connectivity index (χ0n) is 23.7. The number of carboxylic acid groups (broad SMARTS) is 2. The molecule has 1 aliphatic rings. The number of benzene rings is 1. The summed E-state index contributed by atoms with van der Waals surface area (Å²) in [4.78, 5) is 35.6. The molecule has 1 aliphatic heterocycles. The molecule has 3 heterocycles. The molecule has 0 spiro atoms. The SMILES string of the molecule is COc1c(CCNc2ncnc3nc[nH]c23)cc(Cl)c(C)c1C(O)CN1CCOCC1.O=C(O)C(F)(F)F.O=C(O)C(F)(F)F. The van der Waals surface area contributed by atoms with Gasteiger partial charge in [0.1, 0.15) is 17.6 Å². The Bertz CT molecular complexity index is 1410. The Hall–Kier alpha value is -3.94. The monoisotopic (exact) mass is 674 g/mol. The van der Waals surface area contributed by atoms with E-state index in [4.69, 9.17) is 40.9 Å². The fraction of sp³-hybridized carbons (Fsp3) is 0.480. The Balaban J connectivity index is 0.000000421. The van der Waals surface area contributed by atoms with Crippen molar-refractivity contribution in [2.75, 3.05) is 51.8 Å². The number of anilines is 1. The third kappa shape index (κ3) is 11.2. The lowest BCUT2D eigenvalue weighted by molar-refractivity contribution is -0.193. The quantitative estimate of drug-likeness (QED) is 0.219. The number of β-amino-alcohol motifs (C(OH)–C–C–N with tert-alkyl or cyclic N) is 1. The van der Waals surface area contributed by atoms with Gasteiger partial charge in [-0.05, 0) is 30.5 Å². The highest BCUT2D eigenvalue weighted by atomic mass is 35.5. The van der Waals surface area contributed by atoms with Gasteiger partial charge < -0.3 is 35.1 Å². The zero-order valence-corrected chi connectivity index (χ0v) is 24.4. The molecule has 5 N–H and O–H groups in total. The standard InChI is InChI=1S/C21H27ClN6O3.2C2HF3O2/c1-13-15(22)9-14(3-4-23-20-18-21(25-11-24-18)27-12-26-20)19(30-2)17(13)16(29)10-28-5-7-31-8-6-28;2*3-2(4,5)1(6)7/h9,11-12,16,29H,3-8,10H2,1-2H3,(H2,23,24,25,26,27);2*(H,6,7). The van der Waals surface area contributed by atoms with E-state index in [0.29, 0.717) is 55.0 Å². The van der Waals surface area contributed by atoms with E-state index < -0.39 is 30.4 Å². The molecule has 1 fully saturated rings. The van der Waals surface area contributed by atoms with Crippen molar-refractivity contribution < 1.29 is 60.7 Å². The number of ether oxygens (including phenoxy) is 2. The summed E-state index contributed by atoms with van der Waals surface area (Å²) >= 11 is 6.54. The molecule has 1 atom stereocenters. The van der Waals surface area contributed by atoms with Gasteiger partial charge >= 0.3 is 24.3 Å². The molecule has 0 radical (unpaired) electrons. The maximum atomic E-state index is 11.0. The van der Waals surface area contributed by atoms with E-state index in [1.54, 1.807) is 13.4 Å². The van der Waals surface area contributed by atoms with E-state index in [-0.39, 0.29) is 0 Å². The molecule has 0 bridgehead atoms. The van der Waals surface area contributed by atoms with Crippen LogP contribution in [0.2, 0.25) is 5.02 Å². The van der Waals surface area contributed by atoms with Gasteiger partial charge in [-0.25, -0.2) is 24.5 Å². The molecule has 1 aromatic carbocycles. The first-order chi connectivity index (χ1) is 21.0. The summed E-state index contributed by atoms with van der Waals surface area (Å²) in [5.74, 6) is -4.15. The van der Waals surface area contributed by atoms with Crippen molar-refractivity contribution in [1.82, 2.24) is 24.8 Å². The summed E-state index contributed by atoms with van der Waals surface area (Å²) in [7, 11) is 1.63. The normalized spacial score (nSPS) is 14.4. The van der Waals surface area contributed by atoms with Crippen molar-refractivity contribution >= 4 is 40.5 Å². The van der Waals surface area contributed by atoms with E-state index in [2.05, 4.69) is 30.2 Å². The number of nitrogens with zero attached hydrogens (tertiary/aromatic N) is 4. The Morgan fingerprint density at radius 2 is 1.69 bits per heavy atom. The summed E-state index contributed by atoms with van der Waals surface area (Å²) in [5.41, 5.74) is 3.89. The molecule has 0 aliphatic carbocycles. The lowest BCUT2D eigenvalue weighted by Gasteiger charge is -2.30. The number of fused-ring (bicyclic) bond motifs is 1. The number of aromatic nitrogens is 4. The molecule has 250 valence electrons. The lowest BCUT2D eigenvalue weighted by atomic mass is 9.96. The number of hydrogen-bond donors (Lipinski definition) is 5. The lowest BCUT2D eigenvalue weighted by Crippen LogP contribution is -2.39. The van der Waals surface area contributed by atoms with Gasteiger partial charge in [-0.2, -0.15) is 26.3 Å². The minimum absolute atomic E-state index is 0.511. The number of carbonyl (C=O) groups is 2. The number of hydrogen-bond acceptors (Lipinski definition) is 10. The number of alkyl halides is 6. The van der Waals surface area contributed by atoms with Gasteiger partial charge in [-0.15, -0.1) is 0 Å². The number of carboxylic acids is 2. The maximum Gasteiger partial charge on any atom is 0.490 e. The second-order valence-electron chi connectivity index (χ2n) is 9.12. The van der Waals surface area contributed by atoms with Crippen LogP contribution < -0.4 is 10.1 Å². The van der Waals surface area contributed by atoms with Crippen molar-refractivity contribution in [3.63, 3.8) is 0 Å². The third-order valence-corrected chi connectivity index (χ3v) is 6.46. The van der Waals surface area contributed by atoms with Crippen LogP contribution in [0.15, 0.2) is 18.7 Å². The number of aliphatic hydroxyl groups is 1. The minimum atomic E-state index is -5.08. The second kappa shape index (κ2) is 16.4. The van der Waals surface area contributed by atoms with Gasteiger partial charge in [-0.1, -0.05) is 11.6 Å². The zero-order chi connectivity index (χ0) is 33.9. The van der Waals surface area contributed by atoms with Crippen LogP contribution in [0.3, 0.4) is 0 Å². The number of aromatic amines is 1. The van der Waals surface area contributed by atoms with E-state index in [0.717, 1.165) is 35.3 Å². The summed E-state index contributed by atoms with van der Waals surface area (Å²) in [6.07, 6.45) is -7.16. The Morgan fingerprint density at radius 3 is 2.22 bits per heavy atom. The number of H-pyrrole nitrogens is 1. The van der Waals surface area contributed by atoms with Gasteiger partial charge in [-0.3, -0.25) is 4.90 Å². The van der Waals surface area contributed by atoms with Crippen LogP contribution >= 0.6 is 11.6 Å². The summed E-state index contributed by atoms with van der Waals surface area (Å²) in [6, 6.07) is 1.91. The van der Waals surface area contributed by atoms with Crippen molar-refractivity contribution in [2.24, 2.45) is 0 Å². The predicted molar refractivity (Wildman–Crippen MR) is 146 cm³/mol. The van der Waals surface area contributed by atoms with Crippen LogP contribution in [0.1, 0.15) is 22.8 Å². The second-order valence-corrected chi connectivity index (χ2v) is 9.53. The molecule has 0 saturated carbocycles. The first-order valence-electron chi connectivity index (χ1n) is 12.8. The van der Waals surface area contributed by atoms with Crippen LogP contribution in [0, 0.1) is 6.92 Å². The van der Waals surface area contributed by atoms with Crippen molar-refractivity contribution in [3.05, 3.63) is 40.4 Å². The number of nitrogens with one attached hydrogen (secondary N) is 2. The Labute approximate surface area is 256 Å². The van der Waals surface area contributed by atoms with Crippen LogP contribution in [0.5, 0.6) is 5.75 Å². The van der Waals surface area contributed by atoms with Gasteiger partial charge in [0.25, 0.3) is 0 Å². The highest BCUT2D eigenvalue weighted by Gasteiger charge is 2.39. The smallest absolute Gasteiger partial charge is 0.490 e. The number of rotatable bonds is 8. The summed E-state index contributed by atoms with van der Waals surface area (Å²) in [5, 5.41) is 29.2. The molecule has 20 heteroatoms. The van der Waals surface area contributed by atoms with Gasteiger partial charge in [0, 0.05) is 36.8 Å². The molecule has 1 saturated heterocycles. The Kier molecular flexibility index (Phi) is 13.6. The largest absolute Gasteiger partial charge is 0.496 e. The van der Waals surface area contributed by atoms with E-state index >= 15 is 0 Å². The molecule has 0 amide bonds. The highest BCUT2D eigenvalue weighted by Crippen LogP contribution is 2.37. The van der Waals surface area contributed by atoms with E-state index in [1.165, 1.54) is 6.33 Å². The number of imidazole rings is 1. The number of morpholine rings is 1. The summed E-state index contributed by atoms with van der Waals surface area (Å²) in [6.45, 7) is 6.00. The van der Waals surface area contributed by atoms with Crippen LogP contribution in [-0.2, 0) is 20.7 Å². The van der Waals surface area contributed by atoms with Gasteiger partial charge in [0.2, 0.25) is 0 Å². The van der Waals surface area contributed by atoms with Crippen molar-refractivity contribution in [2.45, 2.75) is 31.8 Å². The topological polar surface area (TPSA) is 183 Å². The van der Waals surface area contributed by atoms with Gasteiger partial charge in [0.15, 0.2) is 11.5 Å². The van der Waals surface area contributed by atoms with Crippen LogP contribution in [0.4, 0.5) is 32.2 Å². The molecule has 45 heavy (non-hydrogen) atoms. The first kappa shape index (κ1) is 37.2. The Morgan fingerprint density at radius 1 is 1.11 bits per heavy atom. The maximum absolute atomic E-state index is 11.0. The van der Waals surface area contributed by atoms with E-state index in [9.17, 15) is 31.4 Å². The number of halogens is 7. The molecule has 2 aromatic heterocycles. The third-order valence-electron chi connectivity index (χ3n) is 6.07. The highest BCUT2D eigenvalue weighted by molar-refractivity contribution is 6.31. The number of aliphatic hydroxyl groups excluding tert-OH is 1. The molecule has 13 nitrogen and oxygen atoms in total. The van der Waals surface area contributed by atoms with Crippen LogP contribution in [-0.4, -0.2) is 111 Å². The minimum Gasteiger partial charge on any atom is -0.496 e. The first-order valence-corrected chi connectivity index (χ1v) is 13.2. The average Bonchev–Trinajstić information content (AvgIpc) is 3.45. The molecular formula is C25H29ClF6N6O7. The van der Waals surface area contributed by atoms with Gasteiger partial charge in [0.05, 0.1) is 32.8 Å².